The van der Waals surface area contributed by atoms with E-state index in [2.05, 4.69) is 17.3 Å². The second-order valence-corrected chi connectivity index (χ2v) is 8.16. The molecule has 0 fully saturated rings. The lowest BCUT2D eigenvalue weighted by molar-refractivity contribution is 0.822. The van der Waals surface area contributed by atoms with Crippen LogP contribution in [-0.2, 0) is 12.2 Å². The van der Waals surface area contributed by atoms with Gasteiger partial charge in [-0.1, -0.05) is 36.9 Å². The standard InChI is InChI=1S/C18H15N3OS3/c1-2-15-19-12(10-24-15)11-25-18-20-16-14(8-9-23-16)17(22)21(18)13-6-4-3-5-7-13/h3-10H,2,11H2,1H3. The number of aromatic nitrogens is 3. The van der Waals surface area contributed by atoms with E-state index in [1.54, 1.807) is 27.7 Å². The summed E-state index contributed by atoms with van der Waals surface area (Å²) in [7, 11) is 0. The molecule has 126 valence electrons. The first-order valence-electron chi connectivity index (χ1n) is 7.88. The molecule has 0 spiro atoms. The molecule has 3 heterocycles. The zero-order valence-electron chi connectivity index (χ0n) is 13.5. The highest BCUT2D eigenvalue weighted by Crippen LogP contribution is 2.26. The SMILES string of the molecule is CCc1nc(CSc2nc3sccc3c(=O)n2-c2ccccc2)cs1. The number of thiophene rings is 1. The summed E-state index contributed by atoms with van der Waals surface area (Å²) in [5.41, 5.74) is 1.85. The van der Waals surface area contributed by atoms with Crippen LogP contribution < -0.4 is 5.56 Å². The molecule has 0 bridgehead atoms. The van der Waals surface area contributed by atoms with Crippen molar-refractivity contribution in [1.82, 2.24) is 14.5 Å². The van der Waals surface area contributed by atoms with Gasteiger partial charge in [0.2, 0.25) is 0 Å². The summed E-state index contributed by atoms with van der Waals surface area (Å²) in [5.74, 6) is 0.701. The van der Waals surface area contributed by atoms with Crippen molar-refractivity contribution < 1.29 is 0 Å². The Labute approximate surface area is 157 Å². The van der Waals surface area contributed by atoms with Gasteiger partial charge in [-0.05, 0) is 30.0 Å². The number of para-hydroxylation sites is 1. The molecule has 3 aromatic heterocycles. The highest BCUT2D eigenvalue weighted by Gasteiger charge is 2.14. The zero-order chi connectivity index (χ0) is 17.2. The molecular weight excluding hydrogens is 370 g/mol. The zero-order valence-corrected chi connectivity index (χ0v) is 16.0. The van der Waals surface area contributed by atoms with Crippen molar-refractivity contribution >= 4 is 44.7 Å². The average molecular weight is 386 g/mol. The first-order chi connectivity index (χ1) is 12.3. The summed E-state index contributed by atoms with van der Waals surface area (Å²) in [6, 6.07) is 11.5. The first kappa shape index (κ1) is 16.5. The van der Waals surface area contributed by atoms with Gasteiger partial charge in [-0.25, -0.2) is 9.97 Å². The molecule has 0 unspecified atom stereocenters. The van der Waals surface area contributed by atoms with Gasteiger partial charge in [-0.3, -0.25) is 9.36 Å². The maximum Gasteiger partial charge on any atom is 0.267 e. The summed E-state index contributed by atoms with van der Waals surface area (Å²) in [5, 5.41) is 6.51. The minimum Gasteiger partial charge on any atom is -0.268 e. The largest absolute Gasteiger partial charge is 0.268 e. The second kappa shape index (κ2) is 7.11. The predicted octanol–water partition coefficient (Wildman–Crippen LogP) is 4.76. The van der Waals surface area contributed by atoms with Crippen LogP contribution in [0.25, 0.3) is 15.9 Å². The molecule has 4 rings (SSSR count). The monoisotopic (exact) mass is 385 g/mol. The van der Waals surface area contributed by atoms with Gasteiger partial charge in [0.05, 0.1) is 21.8 Å². The number of nitrogens with zero attached hydrogens (tertiary/aromatic N) is 3. The Morgan fingerprint density at radius 1 is 1.12 bits per heavy atom. The molecule has 4 nitrogen and oxygen atoms in total. The Morgan fingerprint density at radius 2 is 1.96 bits per heavy atom. The molecule has 0 saturated heterocycles. The van der Waals surface area contributed by atoms with Gasteiger partial charge in [0.1, 0.15) is 4.83 Å². The Balaban J connectivity index is 1.77. The van der Waals surface area contributed by atoms with E-state index < -0.39 is 0 Å². The highest BCUT2D eigenvalue weighted by atomic mass is 32.2. The van der Waals surface area contributed by atoms with Crippen LogP contribution in [-0.4, -0.2) is 14.5 Å². The van der Waals surface area contributed by atoms with Gasteiger partial charge < -0.3 is 0 Å². The van der Waals surface area contributed by atoms with E-state index >= 15 is 0 Å². The highest BCUT2D eigenvalue weighted by molar-refractivity contribution is 7.98. The summed E-state index contributed by atoms with van der Waals surface area (Å²) in [6.45, 7) is 2.11. The smallest absolute Gasteiger partial charge is 0.267 e. The molecule has 0 saturated carbocycles. The lowest BCUT2D eigenvalue weighted by atomic mass is 10.3. The summed E-state index contributed by atoms with van der Waals surface area (Å²) in [6.07, 6.45) is 0.948. The van der Waals surface area contributed by atoms with E-state index in [0.29, 0.717) is 16.3 Å². The van der Waals surface area contributed by atoms with Crippen LogP contribution in [0.2, 0.25) is 0 Å². The summed E-state index contributed by atoms with van der Waals surface area (Å²) in [4.78, 5) is 23.1. The third-order valence-electron chi connectivity index (χ3n) is 3.73. The number of hydrogen-bond acceptors (Lipinski definition) is 6. The van der Waals surface area contributed by atoms with Crippen LogP contribution in [0.1, 0.15) is 17.6 Å². The number of thiazole rings is 1. The van der Waals surface area contributed by atoms with E-state index in [9.17, 15) is 4.79 Å². The van der Waals surface area contributed by atoms with Crippen molar-refractivity contribution in [3.05, 3.63) is 68.2 Å². The second-order valence-electron chi connectivity index (χ2n) is 5.38. The molecule has 25 heavy (non-hydrogen) atoms. The Kier molecular flexibility index (Phi) is 4.70. The molecule has 0 aliphatic rings. The van der Waals surface area contributed by atoms with Crippen LogP contribution in [0.15, 0.2) is 57.1 Å². The van der Waals surface area contributed by atoms with Gasteiger partial charge in [-0.2, -0.15) is 0 Å². The molecular formula is C18H15N3OS3. The summed E-state index contributed by atoms with van der Waals surface area (Å²) >= 11 is 4.73. The van der Waals surface area contributed by atoms with Crippen LogP contribution >= 0.6 is 34.4 Å². The van der Waals surface area contributed by atoms with Crippen LogP contribution in [0.5, 0.6) is 0 Å². The maximum absolute atomic E-state index is 13.0. The summed E-state index contributed by atoms with van der Waals surface area (Å²) < 4.78 is 1.70. The van der Waals surface area contributed by atoms with E-state index in [1.807, 2.05) is 41.8 Å². The van der Waals surface area contributed by atoms with Gasteiger partial charge in [0.15, 0.2) is 5.16 Å². The van der Waals surface area contributed by atoms with Crippen LogP contribution in [0.4, 0.5) is 0 Å². The average Bonchev–Trinajstić information content (AvgIpc) is 3.30. The van der Waals surface area contributed by atoms with Crippen LogP contribution in [0, 0.1) is 0 Å². The molecule has 0 aliphatic carbocycles. The van der Waals surface area contributed by atoms with Gasteiger partial charge in [0.25, 0.3) is 5.56 Å². The normalized spacial score (nSPS) is 11.2. The molecule has 0 atom stereocenters. The minimum absolute atomic E-state index is 0.0209. The number of fused-ring (bicyclic) bond motifs is 1. The van der Waals surface area contributed by atoms with E-state index in [0.717, 1.165) is 27.6 Å². The van der Waals surface area contributed by atoms with E-state index in [1.165, 1.54) is 11.3 Å². The quantitative estimate of drug-likeness (QED) is 0.367. The molecule has 0 radical (unpaired) electrons. The molecule has 4 aromatic rings. The van der Waals surface area contributed by atoms with Crippen molar-refractivity contribution in [3.63, 3.8) is 0 Å². The Hall–Kier alpha value is -1.96. The number of aryl methyl sites for hydroxylation is 1. The molecule has 1 aromatic carbocycles. The van der Waals surface area contributed by atoms with Gasteiger partial charge >= 0.3 is 0 Å². The van der Waals surface area contributed by atoms with Gasteiger partial charge in [0, 0.05) is 11.1 Å². The molecule has 7 heteroatoms. The maximum atomic E-state index is 13.0. The number of rotatable bonds is 5. The Morgan fingerprint density at radius 3 is 2.72 bits per heavy atom. The van der Waals surface area contributed by atoms with Crippen LogP contribution in [0.3, 0.4) is 0 Å². The Bertz CT molecular complexity index is 1070. The lowest BCUT2D eigenvalue weighted by Crippen LogP contribution is -2.21. The van der Waals surface area contributed by atoms with Crippen molar-refractivity contribution in [2.24, 2.45) is 0 Å². The minimum atomic E-state index is -0.0209. The van der Waals surface area contributed by atoms with E-state index in [-0.39, 0.29) is 5.56 Å². The van der Waals surface area contributed by atoms with Crippen molar-refractivity contribution in [3.8, 4) is 5.69 Å². The van der Waals surface area contributed by atoms with Gasteiger partial charge in [-0.15, -0.1) is 22.7 Å². The lowest BCUT2D eigenvalue weighted by Gasteiger charge is -2.11. The van der Waals surface area contributed by atoms with E-state index in [4.69, 9.17) is 4.98 Å². The fraction of sp³-hybridized carbons (Fsp3) is 0.167. The fourth-order valence-corrected chi connectivity index (χ4v) is 5.07. The number of thioether (sulfide) groups is 1. The number of hydrogen-bond donors (Lipinski definition) is 0. The predicted molar refractivity (Wildman–Crippen MR) is 106 cm³/mol. The molecule has 0 N–H and O–H groups in total. The van der Waals surface area contributed by atoms with Crippen molar-refractivity contribution in [2.45, 2.75) is 24.3 Å². The van der Waals surface area contributed by atoms with Crippen molar-refractivity contribution in [1.29, 1.82) is 0 Å². The first-order valence-corrected chi connectivity index (χ1v) is 10.6. The topological polar surface area (TPSA) is 47.8 Å². The third kappa shape index (κ3) is 3.27. The number of benzene rings is 1. The fourth-order valence-electron chi connectivity index (χ4n) is 2.51. The van der Waals surface area contributed by atoms with Crippen molar-refractivity contribution in [2.75, 3.05) is 0 Å². The molecule has 0 amide bonds. The third-order valence-corrected chi connectivity index (χ3v) is 6.55. The molecule has 0 aliphatic heterocycles.